The van der Waals surface area contributed by atoms with Crippen molar-refractivity contribution in [2.45, 2.75) is 44.6 Å². The molecule has 14 nitrogen and oxygen atoms in total. The summed E-state index contributed by atoms with van der Waals surface area (Å²) >= 11 is 10.1. The normalized spacial score (nSPS) is 15.8. The van der Waals surface area contributed by atoms with Crippen molar-refractivity contribution in [1.82, 2.24) is 28.0 Å². The van der Waals surface area contributed by atoms with Crippen molar-refractivity contribution in [2.24, 2.45) is 7.05 Å². The number of nitrogens with zero attached hydrogens (tertiary/aromatic N) is 9. The number of hydrogen-bond donors (Lipinski definition) is 0. The van der Waals surface area contributed by atoms with Crippen molar-refractivity contribution < 1.29 is 16.6 Å². The summed E-state index contributed by atoms with van der Waals surface area (Å²) in [5.74, 6) is 2.48. The van der Waals surface area contributed by atoms with Gasteiger partial charge in [-0.15, -0.1) is 10.1 Å². The molecular weight excluding hydrogens is 829 g/mol. The third-order valence-corrected chi connectivity index (χ3v) is 12.1. The van der Waals surface area contributed by atoms with E-state index in [0.717, 1.165) is 50.6 Å². The van der Waals surface area contributed by atoms with Crippen molar-refractivity contribution in [2.75, 3.05) is 42.5 Å². The molecule has 5 heterocycles. The second-order valence-corrected chi connectivity index (χ2v) is 16.3. The number of piperazine rings is 1. The van der Waals surface area contributed by atoms with Crippen LogP contribution in [0.5, 0.6) is 5.75 Å². The molecule has 0 spiro atoms. The smallest absolute Gasteiger partial charge is 0.299 e. The highest BCUT2D eigenvalue weighted by atomic mass is 127. The molecule has 2 aliphatic heterocycles. The van der Waals surface area contributed by atoms with Gasteiger partial charge in [0.2, 0.25) is 0 Å². The third kappa shape index (κ3) is 6.91. The molecule has 268 valence electrons. The molecule has 0 radical (unpaired) electrons. The summed E-state index contributed by atoms with van der Waals surface area (Å²) in [6.45, 7) is 9.43. The molecule has 0 N–H and O–H groups in total. The number of fused-ring (bicyclic) bond motifs is 2. The lowest BCUT2D eigenvalue weighted by atomic mass is 10.0. The first-order valence-electron chi connectivity index (χ1n) is 16.3. The topological polar surface area (TPSA) is 137 Å². The molecule has 7 rings (SSSR count). The van der Waals surface area contributed by atoms with Crippen LogP contribution in [-0.4, -0.2) is 70.0 Å². The summed E-state index contributed by atoms with van der Waals surface area (Å²) in [7, 11) is 0.260. The lowest BCUT2D eigenvalue weighted by Crippen LogP contribution is -2.48. The molecule has 3 aromatic heterocycles. The van der Waals surface area contributed by atoms with Gasteiger partial charge in [-0.25, -0.2) is 21.0 Å². The zero-order chi connectivity index (χ0) is 36.0. The molecule has 1 atom stereocenters. The Balaban J connectivity index is 1.26. The van der Waals surface area contributed by atoms with Crippen LogP contribution in [0.2, 0.25) is 5.02 Å². The van der Waals surface area contributed by atoms with Crippen LogP contribution in [0.1, 0.15) is 42.3 Å². The molecule has 5 aromatic rings. The van der Waals surface area contributed by atoms with E-state index < -0.39 is 16.1 Å². The third-order valence-electron chi connectivity index (χ3n) is 9.19. The largest absolute Gasteiger partial charge is 0.354 e. The molecule has 1 fully saturated rings. The molecule has 0 bridgehead atoms. The highest BCUT2D eigenvalue weighted by Gasteiger charge is 2.32. The van der Waals surface area contributed by atoms with E-state index in [9.17, 15) is 14.3 Å². The number of hydrogen-bond acceptors (Lipinski definition) is 11. The van der Waals surface area contributed by atoms with E-state index in [1.807, 2.05) is 55.3 Å². The van der Waals surface area contributed by atoms with Crippen molar-refractivity contribution >= 4 is 80.4 Å². The highest BCUT2D eigenvalue weighted by Crippen LogP contribution is 2.39. The fraction of sp³-hybridized carbons (Fsp3) is 0.364. The summed E-state index contributed by atoms with van der Waals surface area (Å²) in [4.78, 5) is 31.1. The van der Waals surface area contributed by atoms with Gasteiger partial charge in [-0.1, -0.05) is 49.7 Å². The minimum Gasteiger partial charge on any atom is -0.354 e. The van der Waals surface area contributed by atoms with Crippen molar-refractivity contribution in [3.63, 3.8) is 0 Å². The Kier molecular flexibility index (Phi) is 10.5. The first-order chi connectivity index (χ1) is 24.5. The molecule has 0 aliphatic carbocycles. The van der Waals surface area contributed by atoms with Gasteiger partial charge in [0.05, 0.1) is 21.8 Å². The van der Waals surface area contributed by atoms with Gasteiger partial charge in [-0.3, -0.25) is 13.5 Å². The van der Waals surface area contributed by atoms with Gasteiger partial charge in [0.1, 0.15) is 68.6 Å². The minimum absolute atomic E-state index is 0.0333. The molecular formula is C33H35ClIN9O5S2. The molecule has 0 amide bonds. The Hall–Kier alpha value is -3.49. The van der Waals surface area contributed by atoms with Gasteiger partial charge in [0, 0.05) is 75.4 Å². The SMILES string of the molecule is Cc1cn(SOI)c2cccc(-c3nc4c(c(N5CCN(S(=O)c6ccccc6O[N+](=O)[O-])CC5)n3)CN(c3c(Cl)c(C(C)C)nn3C)CC4)c12. The Bertz CT molecular complexity index is 2150. The predicted octanol–water partition coefficient (Wildman–Crippen LogP) is 6.67. The van der Waals surface area contributed by atoms with Crippen molar-refractivity contribution in [3.8, 4) is 17.1 Å². The summed E-state index contributed by atoms with van der Waals surface area (Å²) in [5.41, 5.74) is 5.88. The van der Waals surface area contributed by atoms with Gasteiger partial charge < -0.3 is 9.80 Å². The maximum atomic E-state index is 13.7. The minimum atomic E-state index is -1.66. The Morgan fingerprint density at radius 3 is 2.53 bits per heavy atom. The zero-order valence-electron chi connectivity index (χ0n) is 28.3. The molecule has 51 heavy (non-hydrogen) atoms. The van der Waals surface area contributed by atoms with Crippen LogP contribution in [0.25, 0.3) is 22.3 Å². The van der Waals surface area contributed by atoms with Gasteiger partial charge in [-0.05, 0) is 36.6 Å². The number of halogens is 2. The predicted molar refractivity (Wildman–Crippen MR) is 207 cm³/mol. The summed E-state index contributed by atoms with van der Waals surface area (Å²) < 4.78 is 24.7. The van der Waals surface area contributed by atoms with Crippen LogP contribution in [0.4, 0.5) is 11.6 Å². The van der Waals surface area contributed by atoms with Crippen LogP contribution in [0, 0.1) is 17.0 Å². The second-order valence-electron chi connectivity index (χ2n) is 12.7. The zero-order valence-corrected chi connectivity index (χ0v) is 32.8. The number of anilines is 2. The molecule has 2 aromatic carbocycles. The first-order valence-corrected chi connectivity index (χ1v) is 19.4. The van der Waals surface area contributed by atoms with E-state index in [4.69, 9.17) is 34.0 Å². The lowest BCUT2D eigenvalue weighted by Gasteiger charge is -2.38. The van der Waals surface area contributed by atoms with E-state index in [2.05, 4.69) is 42.7 Å². The van der Waals surface area contributed by atoms with E-state index in [1.54, 1.807) is 18.2 Å². The Labute approximate surface area is 320 Å². The molecule has 0 saturated carbocycles. The quantitative estimate of drug-likeness (QED) is 0.0645. The lowest BCUT2D eigenvalue weighted by molar-refractivity contribution is -0.711. The van der Waals surface area contributed by atoms with Gasteiger partial charge in [-0.2, -0.15) is 5.10 Å². The van der Waals surface area contributed by atoms with Crippen molar-refractivity contribution in [1.29, 1.82) is 0 Å². The van der Waals surface area contributed by atoms with Crippen LogP contribution < -0.4 is 14.6 Å². The monoisotopic (exact) mass is 863 g/mol. The molecule has 18 heteroatoms. The average molecular weight is 864 g/mol. The number of aryl methyl sites for hydroxylation is 2. The maximum Gasteiger partial charge on any atom is 0.299 e. The summed E-state index contributed by atoms with van der Waals surface area (Å²) in [6, 6.07) is 12.5. The number of benzene rings is 2. The standard InChI is InChI=1S/C33H35ClIN9O5S2/c1-20(2)30-29(34)33(39(4)38-30)41-13-12-24-23(19-41)32(37-31(36-24)22-8-7-9-25-28(22)21(3)18-43(25)50-49-35)40-14-16-42(17-15-40)51(47)27-11-6-5-10-26(27)48-44(45)46/h5-11,18,20H,12-17,19H2,1-4H3. The number of para-hydroxylation sites is 1. The van der Waals surface area contributed by atoms with E-state index in [1.165, 1.54) is 18.3 Å². The van der Waals surface area contributed by atoms with Crippen LogP contribution in [-0.2, 0) is 33.5 Å². The fourth-order valence-electron chi connectivity index (χ4n) is 6.86. The van der Waals surface area contributed by atoms with E-state index >= 15 is 0 Å². The number of rotatable bonds is 10. The molecule has 1 unspecified atom stereocenters. The van der Waals surface area contributed by atoms with Crippen LogP contribution in [0.3, 0.4) is 0 Å². The second kappa shape index (κ2) is 14.9. The van der Waals surface area contributed by atoms with E-state index in [-0.39, 0.29) is 16.6 Å². The van der Waals surface area contributed by atoms with Crippen molar-refractivity contribution in [3.05, 3.63) is 86.3 Å². The Morgan fingerprint density at radius 2 is 1.82 bits per heavy atom. The van der Waals surface area contributed by atoms with Gasteiger partial charge in [0.15, 0.2) is 5.82 Å². The van der Waals surface area contributed by atoms with Crippen LogP contribution >= 0.6 is 46.8 Å². The van der Waals surface area contributed by atoms with Gasteiger partial charge in [0.25, 0.3) is 5.09 Å². The average Bonchev–Trinajstić information content (AvgIpc) is 3.61. The van der Waals surface area contributed by atoms with Gasteiger partial charge >= 0.3 is 0 Å². The summed E-state index contributed by atoms with van der Waals surface area (Å²) in [6.07, 6.45) is 2.73. The number of aromatic nitrogens is 5. The molecule has 1 saturated heterocycles. The fourth-order valence-corrected chi connectivity index (χ4v) is 9.62. The summed E-state index contributed by atoms with van der Waals surface area (Å²) in [5, 5.41) is 16.7. The maximum absolute atomic E-state index is 13.7. The van der Waals surface area contributed by atoms with E-state index in [0.29, 0.717) is 56.5 Å². The molecule has 2 aliphatic rings. The highest BCUT2D eigenvalue weighted by molar-refractivity contribution is 14.1. The first kappa shape index (κ1) is 35.9. The Morgan fingerprint density at radius 1 is 1.06 bits per heavy atom. The van der Waals surface area contributed by atoms with Crippen LogP contribution in [0.15, 0.2) is 53.6 Å².